The van der Waals surface area contributed by atoms with Crippen molar-refractivity contribution in [2.24, 2.45) is 0 Å². The number of amides is 1. The first kappa shape index (κ1) is 19.6. The number of hydrogen-bond donors (Lipinski definition) is 1. The summed E-state index contributed by atoms with van der Waals surface area (Å²) in [6.45, 7) is 8.81. The molecule has 0 aromatic carbocycles. The maximum Gasteiger partial charge on any atom is 0.408 e. The molecule has 8 heteroatoms. The molecular formula is C15H21BrF2N2O3. The number of hydrogen-bond acceptors (Lipinski definition) is 4. The van der Waals surface area contributed by atoms with Crippen LogP contribution in [0, 0.1) is 0 Å². The molecule has 0 fully saturated rings. The molecule has 1 N–H and O–H groups in total. The van der Waals surface area contributed by atoms with E-state index in [0.717, 1.165) is 0 Å². The average molecular weight is 395 g/mol. The topological polar surface area (TPSA) is 60.5 Å². The monoisotopic (exact) mass is 394 g/mol. The molecule has 130 valence electrons. The van der Waals surface area contributed by atoms with E-state index in [-0.39, 0.29) is 22.5 Å². The Kier molecular flexibility index (Phi) is 6.33. The minimum atomic E-state index is -2.66. The van der Waals surface area contributed by atoms with Crippen LogP contribution in [0.3, 0.4) is 0 Å². The SMILES string of the molecule is CC(C)(COc1cnc(Br)c(C(F)F)c1)NC(=O)OC(C)(C)C. The molecule has 1 amide bonds. The minimum Gasteiger partial charge on any atom is -0.490 e. The normalized spacial score (nSPS) is 12.2. The predicted molar refractivity (Wildman–Crippen MR) is 85.8 cm³/mol. The second-order valence-electron chi connectivity index (χ2n) is 6.65. The molecular weight excluding hydrogens is 374 g/mol. The third-order valence-corrected chi connectivity index (χ3v) is 3.18. The molecule has 0 radical (unpaired) electrons. The smallest absolute Gasteiger partial charge is 0.408 e. The van der Waals surface area contributed by atoms with Gasteiger partial charge in [-0.3, -0.25) is 0 Å². The van der Waals surface area contributed by atoms with Gasteiger partial charge in [-0.25, -0.2) is 18.6 Å². The van der Waals surface area contributed by atoms with Gasteiger partial charge in [0.2, 0.25) is 0 Å². The van der Waals surface area contributed by atoms with Gasteiger partial charge in [-0.2, -0.15) is 0 Å². The Balaban J connectivity index is 2.66. The standard InChI is InChI=1S/C15H21BrF2N2O3/c1-14(2,3)23-13(21)20-15(4,5)8-22-9-6-10(12(17)18)11(16)19-7-9/h6-7,12H,8H2,1-5H3,(H,20,21). The second kappa shape index (κ2) is 7.42. The Morgan fingerprint density at radius 2 is 1.96 bits per heavy atom. The quantitative estimate of drug-likeness (QED) is 0.748. The average Bonchev–Trinajstić information content (AvgIpc) is 2.34. The maximum atomic E-state index is 12.8. The number of alkyl carbamates (subject to hydrolysis) is 1. The van der Waals surface area contributed by atoms with Gasteiger partial charge in [-0.1, -0.05) is 0 Å². The summed E-state index contributed by atoms with van der Waals surface area (Å²) < 4.78 is 36.3. The van der Waals surface area contributed by atoms with E-state index in [1.165, 1.54) is 12.3 Å². The van der Waals surface area contributed by atoms with Gasteiger partial charge in [-0.15, -0.1) is 0 Å². The third-order valence-electron chi connectivity index (χ3n) is 2.52. The van der Waals surface area contributed by atoms with E-state index in [2.05, 4.69) is 26.2 Å². The highest BCUT2D eigenvalue weighted by Gasteiger charge is 2.25. The number of pyridine rings is 1. The van der Waals surface area contributed by atoms with Crippen molar-refractivity contribution in [2.75, 3.05) is 6.61 Å². The van der Waals surface area contributed by atoms with E-state index in [9.17, 15) is 13.6 Å². The van der Waals surface area contributed by atoms with Gasteiger partial charge in [0.1, 0.15) is 22.6 Å². The summed E-state index contributed by atoms with van der Waals surface area (Å²) in [5, 5.41) is 2.67. The van der Waals surface area contributed by atoms with Crippen LogP contribution in [0.25, 0.3) is 0 Å². The van der Waals surface area contributed by atoms with E-state index in [1.807, 2.05) is 0 Å². The van der Waals surface area contributed by atoms with Crippen LogP contribution in [0.4, 0.5) is 13.6 Å². The largest absolute Gasteiger partial charge is 0.490 e. The molecule has 0 aliphatic rings. The van der Waals surface area contributed by atoms with Crippen LogP contribution in [-0.4, -0.2) is 28.8 Å². The molecule has 23 heavy (non-hydrogen) atoms. The first-order chi connectivity index (χ1) is 10.4. The summed E-state index contributed by atoms with van der Waals surface area (Å²) in [7, 11) is 0. The van der Waals surface area contributed by atoms with Crippen molar-refractivity contribution in [3.05, 3.63) is 22.4 Å². The summed E-state index contributed by atoms with van der Waals surface area (Å²) in [6.07, 6.45) is -1.90. The molecule has 1 aromatic rings. The lowest BCUT2D eigenvalue weighted by Crippen LogP contribution is -2.49. The van der Waals surface area contributed by atoms with Crippen molar-refractivity contribution in [3.63, 3.8) is 0 Å². The first-order valence-corrected chi connectivity index (χ1v) is 7.76. The van der Waals surface area contributed by atoms with E-state index < -0.39 is 23.7 Å². The summed E-state index contributed by atoms with van der Waals surface area (Å²) in [6, 6.07) is 1.21. The van der Waals surface area contributed by atoms with Gasteiger partial charge in [0, 0.05) is 0 Å². The van der Waals surface area contributed by atoms with Crippen molar-refractivity contribution in [3.8, 4) is 5.75 Å². The molecule has 0 aliphatic carbocycles. The van der Waals surface area contributed by atoms with Gasteiger partial charge in [0.15, 0.2) is 0 Å². The van der Waals surface area contributed by atoms with Crippen LogP contribution in [0.15, 0.2) is 16.9 Å². The highest BCUT2D eigenvalue weighted by Crippen LogP contribution is 2.29. The molecule has 0 saturated heterocycles. The van der Waals surface area contributed by atoms with Crippen LogP contribution in [0.1, 0.15) is 46.6 Å². The number of rotatable bonds is 5. The molecule has 0 unspecified atom stereocenters. The molecule has 0 bridgehead atoms. The summed E-state index contributed by atoms with van der Waals surface area (Å²) in [5.41, 5.74) is -1.61. The lowest BCUT2D eigenvalue weighted by Gasteiger charge is -2.28. The number of halogens is 3. The molecule has 0 atom stereocenters. The summed E-state index contributed by atoms with van der Waals surface area (Å²) in [5.74, 6) is 0.197. The molecule has 1 heterocycles. The van der Waals surface area contributed by atoms with Crippen molar-refractivity contribution >= 4 is 22.0 Å². The highest BCUT2D eigenvalue weighted by atomic mass is 79.9. The van der Waals surface area contributed by atoms with Crippen molar-refractivity contribution in [2.45, 2.75) is 52.2 Å². The first-order valence-electron chi connectivity index (χ1n) is 6.97. The van der Waals surface area contributed by atoms with E-state index >= 15 is 0 Å². The Morgan fingerprint density at radius 3 is 2.48 bits per heavy atom. The van der Waals surface area contributed by atoms with Crippen LogP contribution >= 0.6 is 15.9 Å². The second-order valence-corrected chi connectivity index (χ2v) is 7.40. The zero-order valence-corrected chi connectivity index (χ0v) is 15.3. The van der Waals surface area contributed by atoms with Crippen LogP contribution in [0.2, 0.25) is 0 Å². The predicted octanol–water partition coefficient (Wildman–Crippen LogP) is 4.46. The summed E-state index contributed by atoms with van der Waals surface area (Å²) >= 11 is 2.96. The van der Waals surface area contributed by atoms with Crippen molar-refractivity contribution < 1.29 is 23.0 Å². The van der Waals surface area contributed by atoms with E-state index in [4.69, 9.17) is 9.47 Å². The van der Waals surface area contributed by atoms with E-state index in [1.54, 1.807) is 34.6 Å². The zero-order chi connectivity index (χ0) is 17.8. The minimum absolute atomic E-state index is 0.0677. The summed E-state index contributed by atoms with van der Waals surface area (Å²) in [4.78, 5) is 15.6. The molecule has 1 rings (SSSR count). The number of aromatic nitrogens is 1. The van der Waals surface area contributed by atoms with Gasteiger partial charge < -0.3 is 14.8 Å². The van der Waals surface area contributed by atoms with Crippen molar-refractivity contribution in [1.29, 1.82) is 0 Å². The lowest BCUT2D eigenvalue weighted by atomic mass is 10.1. The fraction of sp³-hybridized carbons (Fsp3) is 0.600. The molecule has 0 spiro atoms. The Bertz CT molecular complexity index is 560. The number of ether oxygens (including phenoxy) is 2. The third kappa shape index (κ3) is 7.11. The molecule has 5 nitrogen and oxygen atoms in total. The Morgan fingerprint density at radius 1 is 1.35 bits per heavy atom. The van der Waals surface area contributed by atoms with Crippen LogP contribution in [0.5, 0.6) is 5.75 Å². The Labute approximate surface area is 142 Å². The zero-order valence-electron chi connectivity index (χ0n) is 13.7. The number of nitrogens with one attached hydrogen (secondary N) is 1. The lowest BCUT2D eigenvalue weighted by molar-refractivity contribution is 0.0441. The number of alkyl halides is 2. The van der Waals surface area contributed by atoms with E-state index in [0.29, 0.717) is 0 Å². The van der Waals surface area contributed by atoms with Crippen LogP contribution < -0.4 is 10.1 Å². The number of carbonyl (C=O) groups excluding carboxylic acids is 1. The highest BCUT2D eigenvalue weighted by molar-refractivity contribution is 9.10. The molecule has 0 aliphatic heterocycles. The number of nitrogens with zero attached hydrogens (tertiary/aromatic N) is 1. The maximum absolute atomic E-state index is 12.8. The van der Waals surface area contributed by atoms with Gasteiger partial charge in [0.25, 0.3) is 6.43 Å². The van der Waals surface area contributed by atoms with Crippen LogP contribution in [-0.2, 0) is 4.74 Å². The van der Waals surface area contributed by atoms with Gasteiger partial charge in [-0.05, 0) is 56.6 Å². The van der Waals surface area contributed by atoms with Crippen molar-refractivity contribution in [1.82, 2.24) is 10.3 Å². The fourth-order valence-electron chi connectivity index (χ4n) is 1.56. The Hall–Kier alpha value is -1.44. The van der Waals surface area contributed by atoms with Gasteiger partial charge >= 0.3 is 6.09 Å². The molecule has 1 aromatic heterocycles. The fourth-order valence-corrected chi connectivity index (χ4v) is 1.95. The van der Waals surface area contributed by atoms with Gasteiger partial charge in [0.05, 0.1) is 17.3 Å². The number of carbonyl (C=O) groups is 1. The molecule has 0 saturated carbocycles.